The van der Waals surface area contributed by atoms with Crippen molar-refractivity contribution in [2.45, 2.75) is 33.2 Å². The van der Waals surface area contributed by atoms with Gasteiger partial charge in [0, 0.05) is 30.7 Å². The molecule has 0 aliphatic carbocycles. The van der Waals surface area contributed by atoms with Crippen LogP contribution in [0, 0.1) is 18.2 Å². The number of likely N-dealkylation sites (tertiary alicyclic amines) is 1. The third-order valence-electron chi connectivity index (χ3n) is 5.74. The van der Waals surface area contributed by atoms with Crippen molar-refractivity contribution in [3.63, 3.8) is 0 Å². The Bertz CT molecular complexity index is 906. The van der Waals surface area contributed by atoms with E-state index < -0.39 is 5.41 Å². The highest BCUT2D eigenvalue weighted by molar-refractivity contribution is 5.90. The van der Waals surface area contributed by atoms with Gasteiger partial charge in [0.25, 0.3) is 0 Å². The van der Waals surface area contributed by atoms with Crippen LogP contribution in [0.5, 0.6) is 5.75 Å². The minimum absolute atomic E-state index is 0.0148. The zero-order valence-corrected chi connectivity index (χ0v) is 17.6. The molecule has 160 valence electrons. The van der Waals surface area contributed by atoms with E-state index in [1.54, 1.807) is 31.1 Å². The van der Waals surface area contributed by atoms with E-state index in [-0.39, 0.29) is 17.8 Å². The van der Waals surface area contributed by atoms with Crippen LogP contribution in [-0.2, 0) is 11.3 Å². The minimum Gasteiger partial charge on any atom is -0.497 e. The number of nitrogens with one attached hydrogen (secondary N) is 2. The second-order valence-electron chi connectivity index (χ2n) is 7.97. The second-order valence-corrected chi connectivity index (χ2v) is 7.97. The van der Waals surface area contributed by atoms with Crippen LogP contribution in [0.25, 0.3) is 0 Å². The highest BCUT2D eigenvalue weighted by atomic mass is 19.1. The molecule has 0 bridgehead atoms. The number of hydrogen-bond donors (Lipinski definition) is 2. The summed E-state index contributed by atoms with van der Waals surface area (Å²) in [4.78, 5) is 26.9. The third-order valence-corrected chi connectivity index (χ3v) is 5.74. The van der Waals surface area contributed by atoms with Crippen LogP contribution in [0.2, 0.25) is 0 Å². The number of methoxy groups -OCH3 is 1. The molecule has 1 aliphatic heterocycles. The lowest BCUT2D eigenvalue weighted by Crippen LogP contribution is -2.49. The fourth-order valence-electron chi connectivity index (χ4n) is 3.44. The smallest absolute Gasteiger partial charge is 0.321 e. The number of piperidine rings is 1. The Morgan fingerprint density at radius 2 is 1.80 bits per heavy atom. The molecule has 6 nitrogen and oxygen atoms in total. The van der Waals surface area contributed by atoms with Gasteiger partial charge in [-0.25, -0.2) is 9.18 Å². The summed E-state index contributed by atoms with van der Waals surface area (Å²) in [6.07, 6.45) is 1.13. The topological polar surface area (TPSA) is 70.7 Å². The zero-order valence-electron chi connectivity index (χ0n) is 17.6. The molecule has 1 fully saturated rings. The standard InChI is InChI=1S/C23H28FN3O3/c1-16-4-7-18(14-20(16)24)26-22(29)27-12-10-23(2,11-13-27)21(28)25-15-17-5-8-19(30-3)9-6-17/h4-9,14H,10-13,15H2,1-3H3,(H,25,28)(H,26,29). The van der Waals surface area contributed by atoms with E-state index >= 15 is 0 Å². The Labute approximate surface area is 176 Å². The maximum Gasteiger partial charge on any atom is 0.321 e. The molecule has 1 aliphatic rings. The number of carbonyl (C=O) groups excluding carboxylic acids is 2. The average molecular weight is 413 g/mol. The van der Waals surface area contributed by atoms with Crippen LogP contribution in [0.4, 0.5) is 14.9 Å². The summed E-state index contributed by atoms with van der Waals surface area (Å²) in [5.41, 5.74) is 1.42. The molecule has 3 rings (SSSR count). The fraction of sp³-hybridized carbons (Fsp3) is 0.391. The second kappa shape index (κ2) is 9.15. The molecule has 1 heterocycles. The molecular weight excluding hydrogens is 385 g/mol. The number of rotatable bonds is 5. The van der Waals surface area contributed by atoms with Crippen molar-refractivity contribution in [1.29, 1.82) is 0 Å². The van der Waals surface area contributed by atoms with Gasteiger partial charge in [0.2, 0.25) is 5.91 Å². The van der Waals surface area contributed by atoms with E-state index in [1.807, 2.05) is 31.2 Å². The molecule has 1 saturated heterocycles. The Balaban J connectivity index is 1.50. The van der Waals surface area contributed by atoms with Gasteiger partial charge in [-0.2, -0.15) is 0 Å². The Hall–Kier alpha value is -3.09. The molecule has 2 N–H and O–H groups in total. The van der Waals surface area contributed by atoms with Gasteiger partial charge in [-0.15, -0.1) is 0 Å². The van der Waals surface area contributed by atoms with E-state index in [1.165, 1.54) is 6.07 Å². The van der Waals surface area contributed by atoms with Crippen LogP contribution in [-0.4, -0.2) is 37.0 Å². The largest absolute Gasteiger partial charge is 0.497 e. The van der Waals surface area contributed by atoms with Crippen molar-refractivity contribution < 1.29 is 18.7 Å². The first-order valence-corrected chi connectivity index (χ1v) is 10.0. The predicted molar refractivity (Wildman–Crippen MR) is 114 cm³/mol. The molecule has 30 heavy (non-hydrogen) atoms. The number of anilines is 1. The summed E-state index contributed by atoms with van der Waals surface area (Å²) in [7, 11) is 1.61. The number of nitrogens with zero attached hydrogens (tertiary/aromatic N) is 1. The van der Waals surface area contributed by atoms with Gasteiger partial charge < -0.3 is 20.3 Å². The number of amides is 3. The van der Waals surface area contributed by atoms with Crippen LogP contribution in [0.3, 0.4) is 0 Å². The molecule has 2 aromatic rings. The van der Waals surface area contributed by atoms with Crippen molar-refractivity contribution in [3.8, 4) is 5.75 Å². The summed E-state index contributed by atoms with van der Waals surface area (Å²) >= 11 is 0. The first-order valence-electron chi connectivity index (χ1n) is 10.0. The zero-order chi connectivity index (χ0) is 21.7. The highest BCUT2D eigenvalue weighted by Gasteiger charge is 2.38. The number of benzene rings is 2. The summed E-state index contributed by atoms with van der Waals surface area (Å²) in [6.45, 7) is 4.98. The molecule has 0 unspecified atom stereocenters. The fourth-order valence-corrected chi connectivity index (χ4v) is 3.44. The van der Waals surface area contributed by atoms with Crippen LogP contribution >= 0.6 is 0 Å². The molecule has 0 saturated carbocycles. The Morgan fingerprint density at radius 1 is 1.13 bits per heavy atom. The van der Waals surface area contributed by atoms with Gasteiger partial charge >= 0.3 is 6.03 Å². The lowest BCUT2D eigenvalue weighted by Gasteiger charge is -2.38. The number of carbonyl (C=O) groups is 2. The number of halogens is 1. The van der Waals surface area contributed by atoms with Gasteiger partial charge in [0.1, 0.15) is 11.6 Å². The number of aryl methyl sites for hydroxylation is 1. The number of urea groups is 1. The van der Waals surface area contributed by atoms with Gasteiger partial charge in [-0.3, -0.25) is 4.79 Å². The monoisotopic (exact) mass is 413 g/mol. The molecule has 0 aromatic heterocycles. The van der Waals surface area contributed by atoms with Crippen molar-refractivity contribution in [2.75, 3.05) is 25.5 Å². The highest BCUT2D eigenvalue weighted by Crippen LogP contribution is 2.31. The van der Waals surface area contributed by atoms with Crippen molar-refractivity contribution >= 4 is 17.6 Å². The van der Waals surface area contributed by atoms with E-state index in [2.05, 4.69) is 10.6 Å². The third kappa shape index (κ3) is 5.09. The quantitative estimate of drug-likeness (QED) is 0.776. The predicted octanol–water partition coefficient (Wildman–Crippen LogP) is 4.09. The first kappa shape index (κ1) is 21.6. The van der Waals surface area contributed by atoms with Crippen LogP contribution in [0.15, 0.2) is 42.5 Å². The van der Waals surface area contributed by atoms with Crippen LogP contribution in [0.1, 0.15) is 30.9 Å². The SMILES string of the molecule is COc1ccc(CNC(=O)C2(C)CCN(C(=O)Nc3ccc(C)c(F)c3)CC2)cc1. The van der Waals surface area contributed by atoms with E-state index in [0.29, 0.717) is 43.7 Å². The van der Waals surface area contributed by atoms with Gasteiger partial charge in [-0.05, 0) is 55.2 Å². The van der Waals surface area contributed by atoms with Gasteiger partial charge in [0.05, 0.1) is 7.11 Å². The molecule has 0 atom stereocenters. The Kier molecular flexibility index (Phi) is 6.59. The van der Waals surface area contributed by atoms with Crippen molar-refractivity contribution in [3.05, 3.63) is 59.4 Å². The first-order chi connectivity index (χ1) is 14.3. The normalized spacial score (nSPS) is 15.4. The maximum absolute atomic E-state index is 13.7. The van der Waals surface area contributed by atoms with Crippen molar-refractivity contribution in [1.82, 2.24) is 10.2 Å². The summed E-state index contributed by atoms with van der Waals surface area (Å²) < 4.78 is 18.8. The summed E-state index contributed by atoms with van der Waals surface area (Å²) in [5, 5.41) is 5.73. The van der Waals surface area contributed by atoms with E-state index in [9.17, 15) is 14.0 Å². The molecule has 7 heteroatoms. The lowest BCUT2D eigenvalue weighted by atomic mass is 9.79. The summed E-state index contributed by atoms with van der Waals surface area (Å²) in [5.74, 6) is 0.405. The molecule has 2 aromatic carbocycles. The molecule has 0 radical (unpaired) electrons. The maximum atomic E-state index is 13.7. The molecular formula is C23H28FN3O3. The number of hydrogen-bond acceptors (Lipinski definition) is 3. The van der Waals surface area contributed by atoms with Gasteiger partial charge in [0.15, 0.2) is 0 Å². The molecule has 3 amide bonds. The Morgan fingerprint density at radius 3 is 2.40 bits per heavy atom. The molecule has 0 spiro atoms. The minimum atomic E-state index is -0.529. The lowest BCUT2D eigenvalue weighted by molar-refractivity contribution is -0.132. The number of ether oxygens (including phenoxy) is 1. The van der Waals surface area contributed by atoms with Gasteiger partial charge in [-0.1, -0.05) is 25.1 Å². The van der Waals surface area contributed by atoms with Crippen molar-refractivity contribution in [2.24, 2.45) is 5.41 Å². The van der Waals surface area contributed by atoms with E-state index in [4.69, 9.17) is 4.74 Å². The van der Waals surface area contributed by atoms with E-state index in [0.717, 1.165) is 11.3 Å². The van der Waals surface area contributed by atoms with Crippen LogP contribution < -0.4 is 15.4 Å². The summed E-state index contributed by atoms with van der Waals surface area (Å²) in [6, 6.07) is 11.9. The average Bonchev–Trinajstić information content (AvgIpc) is 2.75.